The summed E-state index contributed by atoms with van der Waals surface area (Å²) in [6.07, 6.45) is 4.54. The van der Waals surface area contributed by atoms with Gasteiger partial charge in [-0.3, -0.25) is 10.6 Å². The van der Waals surface area contributed by atoms with Crippen LogP contribution in [0.3, 0.4) is 0 Å². The lowest BCUT2D eigenvalue weighted by Crippen LogP contribution is -2.52. The summed E-state index contributed by atoms with van der Waals surface area (Å²) in [6, 6.07) is 0. The van der Waals surface area contributed by atoms with Gasteiger partial charge in [-0.1, -0.05) is 0 Å². The average molecular weight is 140 g/mol. The topological polar surface area (TPSA) is 48.1 Å². The Bertz CT molecular complexity index is 131. The van der Waals surface area contributed by atoms with Gasteiger partial charge in [-0.05, 0) is 0 Å². The monoisotopic (exact) mass is 140 g/mol. The van der Waals surface area contributed by atoms with Crippen molar-refractivity contribution in [2.45, 2.75) is 12.3 Å². The smallest absolute Gasteiger partial charge is 0.125 e. The highest BCUT2D eigenvalue weighted by Crippen LogP contribution is 1.95. The van der Waals surface area contributed by atoms with Gasteiger partial charge in [-0.15, -0.1) is 0 Å². The second-order valence-corrected chi connectivity index (χ2v) is 2.53. The van der Waals surface area contributed by atoms with Crippen molar-refractivity contribution in [1.29, 1.82) is 0 Å². The minimum atomic E-state index is 0.322. The maximum atomic E-state index is 3.32. The van der Waals surface area contributed by atoms with Gasteiger partial charge < -0.3 is 10.6 Å². The van der Waals surface area contributed by atoms with Crippen LogP contribution in [0.1, 0.15) is 0 Å². The van der Waals surface area contributed by atoms with Crippen molar-refractivity contribution >= 4 is 0 Å². The normalized spacial score (nSPS) is 26.8. The average Bonchev–Trinajstić information content (AvgIpc) is 2.59. The molecule has 1 saturated heterocycles. The van der Waals surface area contributed by atoms with Gasteiger partial charge in [0.2, 0.25) is 0 Å². The predicted molar refractivity (Wildman–Crippen MR) is 39.0 cm³/mol. The summed E-state index contributed by atoms with van der Waals surface area (Å²) in [5.74, 6) is 0. The minimum Gasteiger partial charge on any atom is -0.368 e. The summed E-state index contributed by atoms with van der Waals surface area (Å²) in [7, 11) is 0. The number of nitrogens with one attached hydrogen (secondary N) is 4. The molecule has 2 rings (SSSR count). The van der Waals surface area contributed by atoms with Crippen LogP contribution in [0.25, 0.3) is 0 Å². The number of rotatable bonds is 1. The first kappa shape index (κ1) is 6.00. The molecule has 4 heteroatoms. The zero-order valence-electron chi connectivity index (χ0n) is 5.72. The summed E-state index contributed by atoms with van der Waals surface area (Å²) in [5.41, 5.74) is 0. The zero-order chi connectivity index (χ0) is 6.81. The van der Waals surface area contributed by atoms with Crippen molar-refractivity contribution < 1.29 is 0 Å². The molecule has 0 saturated carbocycles. The molecular weight excluding hydrogens is 128 g/mol. The maximum absolute atomic E-state index is 3.32. The van der Waals surface area contributed by atoms with Gasteiger partial charge in [0.25, 0.3) is 0 Å². The molecule has 0 spiro atoms. The lowest BCUT2D eigenvalue weighted by atomic mass is 10.4. The standard InChI is InChI=1S/C6H12N4/c1-2-8-5(7-1)6-9-3-4-10-6/h1-2,5-10H,3-4H2. The predicted octanol–water partition coefficient (Wildman–Crippen LogP) is -1.50. The Morgan fingerprint density at radius 2 is 1.50 bits per heavy atom. The first-order chi connectivity index (χ1) is 4.97. The molecule has 10 heavy (non-hydrogen) atoms. The molecule has 0 amide bonds. The van der Waals surface area contributed by atoms with Crippen molar-refractivity contribution in [3.63, 3.8) is 0 Å². The molecule has 4 nitrogen and oxygen atoms in total. The van der Waals surface area contributed by atoms with Crippen LogP contribution in [0.2, 0.25) is 0 Å². The van der Waals surface area contributed by atoms with Crippen molar-refractivity contribution in [2.24, 2.45) is 0 Å². The van der Waals surface area contributed by atoms with Crippen molar-refractivity contribution in [2.75, 3.05) is 13.1 Å². The van der Waals surface area contributed by atoms with Gasteiger partial charge >= 0.3 is 0 Å². The Morgan fingerprint density at radius 1 is 0.900 bits per heavy atom. The molecule has 0 aromatic carbocycles. The largest absolute Gasteiger partial charge is 0.368 e. The fourth-order valence-corrected chi connectivity index (χ4v) is 1.31. The highest BCUT2D eigenvalue weighted by Gasteiger charge is 2.23. The molecule has 4 N–H and O–H groups in total. The van der Waals surface area contributed by atoms with Gasteiger partial charge in [0.05, 0.1) is 6.17 Å². The highest BCUT2D eigenvalue weighted by molar-refractivity contribution is 4.96. The van der Waals surface area contributed by atoms with Gasteiger partial charge in [0.15, 0.2) is 0 Å². The molecule has 2 heterocycles. The van der Waals surface area contributed by atoms with Crippen LogP contribution in [0.15, 0.2) is 12.4 Å². The summed E-state index contributed by atoms with van der Waals surface area (Å²) in [4.78, 5) is 0. The third kappa shape index (κ3) is 0.955. The molecule has 0 aliphatic carbocycles. The van der Waals surface area contributed by atoms with Crippen LogP contribution < -0.4 is 21.3 Å². The Labute approximate surface area is 60.1 Å². The summed E-state index contributed by atoms with van der Waals surface area (Å²) in [6.45, 7) is 2.12. The van der Waals surface area contributed by atoms with Gasteiger partial charge in [-0.25, -0.2) is 0 Å². The number of hydrogen-bond acceptors (Lipinski definition) is 4. The second kappa shape index (κ2) is 2.48. The van der Waals surface area contributed by atoms with Crippen molar-refractivity contribution in [3.05, 3.63) is 12.4 Å². The molecule has 0 aromatic heterocycles. The van der Waals surface area contributed by atoms with Crippen LogP contribution in [0.4, 0.5) is 0 Å². The van der Waals surface area contributed by atoms with E-state index >= 15 is 0 Å². The zero-order valence-corrected chi connectivity index (χ0v) is 5.72. The highest BCUT2D eigenvalue weighted by atomic mass is 15.3. The van der Waals surface area contributed by atoms with Gasteiger partial charge in [-0.2, -0.15) is 0 Å². The van der Waals surface area contributed by atoms with Crippen molar-refractivity contribution in [1.82, 2.24) is 21.3 Å². The lowest BCUT2D eigenvalue weighted by Gasteiger charge is -2.19. The molecule has 0 bridgehead atoms. The fraction of sp³-hybridized carbons (Fsp3) is 0.667. The maximum Gasteiger partial charge on any atom is 0.125 e. The Morgan fingerprint density at radius 3 is 2.10 bits per heavy atom. The summed E-state index contributed by atoms with van der Waals surface area (Å²) >= 11 is 0. The van der Waals surface area contributed by atoms with E-state index in [-0.39, 0.29) is 0 Å². The first-order valence-electron chi connectivity index (χ1n) is 3.61. The van der Waals surface area contributed by atoms with E-state index in [2.05, 4.69) is 21.3 Å². The fourth-order valence-electron chi connectivity index (χ4n) is 1.31. The SMILES string of the molecule is C1=CNC(C2NCCN2)N1. The lowest BCUT2D eigenvalue weighted by molar-refractivity contribution is 0.397. The summed E-state index contributed by atoms with van der Waals surface area (Å²) in [5, 5.41) is 13.0. The molecule has 2 aliphatic heterocycles. The van der Waals surface area contributed by atoms with Gasteiger partial charge in [0, 0.05) is 25.5 Å². The Hall–Kier alpha value is -0.740. The number of hydrogen-bond donors (Lipinski definition) is 4. The van der Waals surface area contributed by atoms with Gasteiger partial charge in [0.1, 0.15) is 6.17 Å². The van der Waals surface area contributed by atoms with Crippen LogP contribution in [0.5, 0.6) is 0 Å². The van der Waals surface area contributed by atoms with E-state index in [1.54, 1.807) is 0 Å². The van der Waals surface area contributed by atoms with E-state index in [0.29, 0.717) is 12.3 Å². The molecule has 0 unspecified atom stereocenters. The van der Waals surface area contributed by atoms with E-state index in [1.807, 2.05) is 12.4 Å². The van der Waals surface area contributed by atoms with E-state index < -0.39 is 0 Å². The van der Waals surface area contributed by atoms with Crippen LogP contribution in [-0.2, 0) is 0 Å². The Kier molecular flexibility index (Phi) is 1.49. The molecule has 56 valence electrons. The van der Waals surface area contributed by atoms with Crippen molar-refractivity contribution in [3.8, 4) is 0 Å². The molecule has 0 atom stereocenters. The minimum absolute atomic E-state index is 0.322. The third-order valence-corrected chi connectivity index (χ3v) is 1.82. The van der Waals surface area contributed by atoms with E-state index in [1.165, 1.54) is 0 Å². The van der Waals surface area contributed by atoms with E-state index in [0.717, 1.165) is 13.1 Å². The first-order valence-corrected chi connectivity index (χ1v) is 3.61. The molecular formula is C6H12N4. The quantitative estimate of drug-likeness (QED) is 0.358. The molecule has 2 aliphatic rings. The molecule has 0 radical (unpaired) electrons. The molecule has 1 fully saturated rings. The van der Waals surface area contributed by atoms with Crippen LogP contribution in [-0.4, -0.2) is 25.4 Å². The van der Waals surface area contributed by atoms with E-state index in [9.17, 15) is 0 Å². The summed E-state index contributed by atoms with van der Waals surface area (Å²) < 4.78 is 0. The van der Waals surface area contributed by atoms with E-state index in [4.69, 9.17) is 0 Å². The van der Waals surface area contributed by atoms with Crippen LogP contribution >= 0.6 is 0 Å². The molecule has 0 aromatic rings. The van der Waals surface area contributed by atoms with Crippen LogP contribution in [0, 0.1) is 0 Å². The third-order valence-electron chi connectivity index (χ3n) is 1.82. The second-order valence-electron chi connectivity index (χ2n) is 2.53. The Balaban J connectivity index is 1.87.